The summed E-state index contributed by atoms with van der Waals surface area (Å²) in [5, 5.41) is 12.9. The lowest BCUT2D eigenvalue weighted by atomic mass is 9.48. The molecule has 15 heteroatoms. The monoisotopic (exact) mass is 811 g/mol. The highest BCUT2D eigenvalue weighted by Gasteiger charge is 2.73. The second-order valence-corrected chi connectivity index (χ2v) is 15.5. The first-order valence-electron chi connectivity index (χ1n) is 21.3. The van der Waals surface area contributed by atoms with Crippen LogP contribution in [0, 0.1) is 5.92 Å². The highest BCUT2D eigenvalue weighted by atomic mass is 16.7. The zero-order valence-corrected chi connectivity index (χ0v) is 34.5. The molecule has 1 aromatic carbocycles. The minimum absolute atomic E-state index is 0.0635. The fourth-order valence-corrected chi connectivity index (χ4v) is 9.21. The Morgan fingerprint density at radius 2 is 1.21 bits per heavy atom. The summed E-state index contributed by atoms with van der Waals surface area (Å²) in [7, 11) is 3.30. The van der Waals surface area contributed by atoms with Crippen LogP contribution in [-0.2, 0) is 63.9 Å². The molecular weight excluding hydrogens is 742 g/mol. The Morgan fingerprint density at radius 3 is 1.75 bits per heavy atom. The van der Waals surface area contributed by atoms with Gasteiger partial charge < -0.3 is 66.7 Å². The molecule has 5 atom stereocenters. The number of aliphatic hydroxyl groups is 1. The molecule has 6 rings (SSSR count). The molecule has 1 aromatic rings. The van der Waals surface area contributed by atoms with Crippen LogP contribution in [0.2, 0.25) is 0 Å². The van der Waals surface area contributed by atoms with Crippen molar-refractivity contribution in [3.05, 3.63) is 23.3 Å². The van der Waals surface area contributed by atoms with Crippen molar-refractivity contribution in [2.45, 2.75) is 74.2 Å². The number of piperidine rings is 1. The van der Waals surface area contributed by atoms with Crippen LogP contribution in [0.25, 0.3) is 0 Å². The highest BCUT2D eigenvalue weighted by Crippen LogP contribution is 2.66. The zero-order valence-electron chi connectivity index (χ0n) is 34.5. The molecule has 5 aliphatic rings. The molecule has 3 aliphatic carbocycles. The fourth-order valence-electron chi connectivity index (χ4n) is 9.21. The van der Waals surface area contributed by atoms with Gasteiger partial charge in [0.15, 0.2) is 18.3 Å². The van der Waals surface area contributed by atoms with E-state index in [9.17, 15) is 5.11 Å². The van der Waals surface area contributed by atoms with Gasteiger partial charge in [-0.05, 0) is 62.6 Å². The van der Waals surface area contributed by atoms with Gasteiger partial charge in [0.05, 0.1) is 136 Å². The second kappa shape index (κ2) is 23.9. The molecule has 1 spiro atoms. The van der Waals surface area contributed by atoms with Gasteiger partial charge >= 0.3 is 0 Å². The summed E-state index contributed by atoms with van der Waals surface area (Å²) in [4.78, 5) is 2.60. The predicted octanol–water partition coefficient (Wildman–Crippen LogP) is 2.79. The van der Waals surface area contributed by atoms with E-state index in [1.165, 1.54) is 24.8 Å². The summed E-state index contributed by atoms with van der Waals surface area (Å²) in [6.45, 7) is 11.2. The molecule has 2 bridgehead atoms. The van der Waals surface area contributed by atoms with Crippen molar-refractivity contribution in [2.75, 3.05) is 153 Å². The number of likely N-dealkylation sites (tertiary alicyclic amines) is 1. The molecule has 0 aromatic heterocycles. The third kappa shape index (κ3) is 11.6. The first-order valence-corrected chi connectivity index (χ1v) is 21.3. The number of hydrogen-bond donors (Lipinski definition) is 1. The Bertz CT molecular complexity index is 1290. The third-order valence-corrected chi connectivity index (χ3v) is 12.2. The van der Waals surface area contributed by atoms with Gasteiger partial charge in [0, 0.05) is 32.4 Å². The Balaban J connectivity index is 0.852. The Labute approximate surface area is 339 Å². The van der Waals surface area contributed by atoms with Crippen molar-refractivity contribution in [2.24, 2.45) is 5.92 Å². The Morgan fingerprint density at radius 1 is 0.667 bits per heavy atom. The first kappa shape index (κ1) is 44.8. The van der Waals surface area contributed by atoms with E-state index in [-0.39, 0.29) is 25.0 Å². The predicted molar refractivity (Wildman–Crippen MR) is 208 cm³/mol. The van der Waals surface area contributed by atoms with Crippen molar-refractivity contribution in [3.8, 4) is 11.5 Å². The van der Waals surface area contributed by atoms with E-state index in [0.29, 0.717) is 131 Å². The Hall–Kier alpha value is -1.70. The van der Waals surface area contributed by atoms with E-state index in [4.69, 9.17) is 61.6 Å². The molecule has 15 nitrogen and oxygen atoms in total. The highest BCUT2D eigenvalue weighted by molar-refractivity contribution is 5.63. The number of ether oxygens (including phenoxy) is 13. The minimum atomic E-state index is -0.901. The quantitative estimate of drug-likeness (QED) is 0.0821. The van der Waals surface area contributed by atoms with Gasteiger partial charge in [-0.25, -0.2) is 0 Å². The van der Waals surface area contributed by atoms with E-state index in [1.807, 2.05) is 6.07 Å². The molecule has 2 heterocycles. The van der Waals surface area contributed by atoms with E-state index in [2.05, 4.69) is 11.0 Å². The van der Waals surface area contributed by atoms with Crippen LogP contribution in [0.3, 0.4) is 0 Å². The number of methoxy groups -OCH3 is 2. The lowest BCUT2D eigenvalue weighted by Gasteiger charge is -2.64. The maximum atomic E-state index is 12.9. The molecule has 3 fully saturated rings. The summed E-state index contributed by atoms with van der Waals surface area (Å²) < 4.78 is 74.2. The van der Waals surface area contributed by atoms with Crippen LogP contribution >= 0.6 is 0 Å². The fraction of sp³-hybridized carbons (Fsp3) is 0.857. The van der Waals surface area contributed by atoms with Crippen molar-refractivity contribution >= 4 is 0 Å². The molecule has 2 aliphatic heterocycles. The van der Waals surface area contributed by atoms with Crippen molar-refractivity contribution < 1.29 is 66.7 Å². The molecule has 57 heavy (non-hydrogen) atoms. The summed E-state index contributed by atoms with van der Waals surface area (Å²) in [5.74, 6) is 2.14. The van der Waals surface area contributed by atoms with Crippen LogP contribution in [-0.4, -0.2) is 187 Å². The van der Waals surface area contributed by atoms with Crippen LogP contribution < -0.4 is 9.47 Å². The maximum Gasteiger partial charge on any atom is 0.189 e. The minimum Gasteiger partial charge on any atom is -0.482 e. The molecule has 0 radical (unpaired) electrons. The summed E-state index contributed by atoms with van der Waals surface area (Å²) in [6.07, 6.45) is 6.47. The lowest BCUT2D eigenvalue weighted by Crippen LogP contribution is -2.77. The van der Waals surface area contributed by atoms with Gasteiger partial charge in [0.25, 0.3) is 0 Å². The average Bonchev–Trinajstić information content (AvgIpc) is 3.55. The van der Waals surface area contributed by atoms with Crippen LogP contribution in [0.15, 0.2) is 12.1 Å². The zero-order chi connectivity index (χ0) is 39.6. The van der Waals surface area contributed by atoms with Gasteiger partial charge in [-0.2, -0.15) is 0 Å². The van der Waals surface area contributed by atoms with Crippen molar-refractivity contribution in [1.82, 2.24) is 4.90 Å². The number of rotatable bonds is 33. The number of benzene rings is 1. The number of hydrogen-bond acceptors (Lipinski definition) is 15. The molecular formula is C42H69NO14. The third-order valence-electron chi connectivity index (χ3n) is 12.2. The summed E-state index contributed by atoms with van der Waals surface area (Å²) >= 11 is 0. The summed E-state index contributed by atoms with van der Waals surface area (Å²) in [5.41, 5.74) is 0.930. The topological polar surface area (TPSA) is 143 Å². The van der Waals surface area contributed by atoms with Gasteiger partial charge in [-0.1, -0.05) is 12.5 Å². The molecule has 2 saturated carbocycles. The van der Waals surface area contributed by atoms with E-state index >= 15 is 0 Å². The molecule has 326 valence electrons. The van der Waals surface area contributed by atoms with Crippen molar-refractivity contribution in [3.63, 3.8) is 0 Å². The average molecular weight is 812 g/mol. The van der Waals surface area contributed by atoms with Crippen LogP contribution in [0.5, 0.6) is 11.5 Å². The van der Waals surface area contributed by atoms with Crippen molar-refractivity contribution in [1.29, 1.82) is 0 Å². The summed E-state index contributed by atoms with van der Waals surface area (Å²) in [6, 6.07) is 4.25. The maximum absolute atomic E-state index is 12.9. The van der Waals surface area contributed by atoms with E-state index < -0.39 is 11.0 Å². The Kier molecular flexibility index (Phi) is 18.8. The largest absolute Gasteiger partial charge is 0.482 e. The second-order valence-electron chi connectivity index (χ2n) is 15.5. The van der Waals surface area contributed by atoms with Gasteiger partial charge in [-0.15, -0.1) is 0 Å². The molecule has 1 unspecified atom stereocenters. The molecule has 1 saturated heterocycles. The number of nitrogens with zero attached hydrogens (tertiary/aromatic N) is 1. The smallest absolute Gasteiger partial charge is 0.189 e. The molecule has 1 N–H and O–H groups in total. The first-order chi connectivity index (χ1) is 28.1. The van der Waals surface area contributed by atoms with Gasteiger partial charge in [0.2, 0.25) is 0 Å². The lowest BCUT2D eigenvalue weighted by molar-refractivity contribution is -0.218. The van der Waals surface area contributed by atoms with Gasteiger partial charge in [-0.3, -0.25) is 4.90 Å². The normalized spacial score (nSPS) is 26.3. The van der Waals surface area contributed by atoms with Gasteiger partial charge in [0.1, 0.15) is 6.10 Å². The van der Waals surface area contributed by atoms with E-state index in [0.717, 1.165) is 49.6 Å². The van der Waals surface area contributed by atoms with Crippen LogP contribution in [0.1, 0.15) is 49.7 Å². The SMILES string of the molecule is COCCOCCOCCOCCOCCOCCOCCOCCOC1CC[C@@]2(O)[C@H]3Cc4ccc(OCOCCOC)c5c4[C@@]2(CCN3CC2CCC2)[C@H]1O5. The molecule has 0 amide bonds. The van der Waals surface area contributed by atoms with Crippen LogP contribution in [0.4, 0.5) is 0 Å². The van der Waals surface area contributed by atoms with E-state index in [1.54, 1.807) is 14.2 Å². The standard InChI is InChI=1S/C42H69NO14/c1-45-12-14-47-16-17-48-18-19-49-20-21-50-22-23-51-24-25-52-26-27-53-28-29-55-36-8-9-42(44)37-30-34-6-7-35(56-32-54-15-13-46-2)39-38(34)41(42,40(36)57-39)10-11-43(37)31-33-4-3-5-33/h6-7,33,36-37,40,44H,3-5,8-32H2,1-2H3/t36?,37-,40+,41+,42-/m1/s1.